The van der Waals surface area contributed by atoms with Gasteiger partial charge in [0.15, 0.2) is 17.1 Å². The maximum atomic E-state index is 11.4. The van der Waals surface area contributed by atoms with Crippen molar-refractivity contribution in [2.75, 3.05) is 0 Å². The van der Waals surface area contributed by atoms with Crippen LogP contribution in [0.25, 0.3) is 125 Å². The highest BCUT2D eigenvalue weighted by molar-refractivity contribution is 6.14. The Morgan fingerprint density at radius 3 is 1.12 bits per heavy atom. The van der Waals surface area contributed by atoms with Crippen LogP contribution in [0, 0.1) is 106 Å². The summed E-state index contributed by atoms with van der Waals surface area (Å²) in [5, 5.41) is 76.4. The maximum absolute atomic E-state index is 11.4. The molecule has 0 bridgehead atoms. The number of aryl methyl sites for hydroxylation is 1. The van der Waals surface area contributed by atoms with Crippen molar-refractivity contribution in [3.8, 4) is 109 Å². The zero-order valence-electron chi connectivity index (χ0n) is 43.6. The molecule has 0 spiro atoms. The standard InChI is InChI=1S/C71H32N12/c1-41-21-44(36-74)24-50(22-41)71-69(82-65-30-46(56-13-5-42(34-72)23-51(56)38-76)7-15-60(65)61-16-8-47(31-66(61)82)57-19-11-54(79-2)28-52(57)39-77)26-45(37-75)27-70(71)83-67-32-48(58-20-12-55(80-3)29-53(58)40-78)9-17-62(67)63-18-10-49(33-68(63)83)59-14-6-43(35-73)25-64(59)81-4/h5-33H,1H3. The predicted octanol–water partition coefficient (Wildman–Crippen LogP) is 17.3. The minimum absolute atomic E-state index is 0.251. The van der Waals surface area contributed by atoms with Crippen molar-refractivity contribution in [3.63, 3.8) is 0 Å². The van der Waals surface area contributed by atoms with Gasteiger partial charge in [0.2, 0.25) is 0 Å². The van der Waals surface area contributed by atoms with E-state index in [1.807, 2.05) is 97.9 Å². The van der Waals surface area contributed by atoms with E-state index in [1.165, 1.54) is 0 Å². The van der Waals surface area contributed by atoms with Gasteiger partial charge in [0, 0.05) is 43.8 Å². The lowest BCUT2D eigenvalue weighted by molar-refractivity contribution is 1.13. The van der Waals surface area contributed by atoms with Crippen LogP contribution >= 0.6 is 0 Å². The van der Waals surface area contributed by atoms with E-state index in [1.54, 1.807) is 84.9 Å². The number of rotatable bonds is 7. The van der Waals surface area contributed by atoms with Gasteiger partial charge in [0.25, 0.3) is 0 Å². The normalized spacial score (nSPS) is 10.6. The zero-order valence-corrected chi connectivity index (χ0v) is 43.6. The molecule has 0 amide bonds. The van der Waals surface area contributed by atoms with E-state index >= 15 is 0 Å². The van der Waals surface area contributed by atoms with E-state index in [-0.39, 0.29) is 16.8 Å². The minimum Gasteiger partial charge on any atom is -0.308 e. The molecule has 0 aliphatic heterocycles. The molecule has 83 heavy (non-hydrogen) atoms. The Morgan fingerprint density at radius 2 is 0.711 bits per heavy atom. The van der Waals surface area contributed by atoms with Crippen LogP contribution < -0.4 is 0 Å². The van der Waals surface area contributed by atoms with Gasteiger partial charge >= 0.3 is 0 Å². The SMILES string of the molecule is [C-]#[N+]c1ccc(-c2ccc3c4ccc(-c5ccc(C#N)cc5C#N)cc4n(-c4cc(C#N)cc(-n5c6cc(-c7ccc([N+]#[C-])cc7C#N)ccc6c6ccc(-c7ccc(C#N)cc7[N+]#[C-])cc65)c4-c4cc(C)cc(C#N)c4)c3c2)c(C#N)c1. The Hall–Kier alpha value is -13.3. The first-order valence-corrected chi connectivity index (χ1v) is 25.5. The summed E-state index contributed by atoms with van der Waals surface area (Å²) < 4.78 is 4.12. The molecular formula is C71H32N12. The predicted molar refractivity (Wildman–Crippen MR) is 319 cm³/mol. The van der Waals surface area contributed by atoms with E-state index in [4.69, 9.17) is 19.7 Å². The molecule has 12 rings (SSSR count). The van der Waals surface area contributed by atoms with Crippen LogP contribution in [0.4, 0.5) is 17.1 Å². The lowest BCUT2D eigenvalue weighted by Gasteiger charge is -2.22. The summed E-state index contributed by atoms with van der Waals surface area (Å²) in [4.78, 5) is 11.0. The van der Waals surface area contributed by atoms with Crippen molar-refractivity contribution in [1.29, 1.82) is 36.8 Å². The largest absolute Gasteiger partial charge is 0.308 e. The Kier molecular flexibility index (Phi) is 12.3. The molecule has 0 radical (unpaired) electrons. The number of hydrogen-bond acceptors (Lipinski definition) is 7. The monoisotopic (exact) mass is 1050 g/mol. The highest BCUT2D eigenvalue weighted by Crippen LogP contribution is 2.47. The summed E-state index contributed by atoms with van der Waals surface area (Å²) in [6, 6.07) is 68.5. The summed E-state index contributed by atoms with van der Waals surface area (Å²) in [5.41, 5.74) is 13.7. The smallest absolute Gasteiger partial charge is 0.196 e. The molecule has 12 nitrogen and oxygen atoms in total. The molecule has 2 aromatic heterocycles. The van der Waals surface area contributed by atoms with Gasteiger partial charge in [-0.05, 0) is 147 Å². The van der Waals surface area contributed by atoms with Crippen LogP contribution in [0.2, 0.25) is 0 Å². The second-order valence-electron chi connectivity index (χ2n) is 19.6. The molecule has 376 valence electrons. The Morgan fingerprint density at radius 1 is 0.325 bits per heavy atom. The Balaban J connectivity index is 1.28. The van der Waals surface area contributed by atoms with Crippen molar-refractivity contribution >= 4 is 60.7 Å². The molecule has 0 fully saturated rings. The average Bonchev–Trinajstić information content (AvgIpc) is 2.14. The molecule has 0 N–H and O–H groups in total. The summed E-state index contributed by atoms with van der Waals surface area (Å²) in [5.74, 6) is 0. The molecule has 12 heteroatoms. The Labute approximate surface area is 475 Å². The first kappa shape index (κ1) is 50.5. The molecule has 10 aromatic carbocycles. The highest BCUT2D eigenvalue weighted by Gasteiger charge is 2.26. The van der Waals surface area contributed by atoms with Gasteiger partial charge in [0.1, 0.15) is 0 Å². The van der Waals surface area contributed by atoms with Gasteiger partial charge < -0.3 is 9.13 Å². The van der Waals surface area contributed by atoms with E-state index in [2.05, 4.69) is 66.2 Å². The van der Waals surface area contributed by atoms with Crippen LogP contribution in [0.5, 0.6) is 0 Å². The Bertz CT molecular complexity index is 4810. The zero-order chi connectivity index (χ0) is 57.6. The summed E-state index contributed by atoms with van der Waals surface area (Å²) in [6.45, 7) is 25.5. The fourth-order valence-electron chi connectivity index (χ4n) is 11.3. The van der Waals surface area contributed by atoms with Gasteiger partial charge in [0.05, 0.1) is 118 Å². The maximum Gasteiger partial charge on any atom is 0.196 e. The fraction of sp³-hybridized carbons (Fsp3) is 0.0141. The topological polar surface area (TPSA) is 189 Å². The van der Waals surface area contributed by atoms with Crippen LogP contribution in [-0.2, 0) is 0 Å². The van der Waals surface area contributed by atoms with Crippen molar-refractivity contribution in [1.82, 2.24) is 9.13 Å². The molecular weight excluding hydrogens is 1020 g/mol. The van der Waals surface area contributed by atoms with Gasteiger partial charge in [-0.1, -0.05) is 91.0 Å². The molecule has 0 atom stereocenters. The van der Waals surface area contributed by atoms with Crippen molar-refractivity contribution < 1.29 is 0 Å². The minimum atomic E-state index is 0.251. The van der Waals surface area contributed by atoms with Crippen LogP contribution in [0.1, 0.15) is 44.5 Å². The number of fused-ring (bicyclic) bond motifs is 6. The fourth-order valence-corrected chi connectivity index (χ4v) is 11.3. The third-order valence-electron chi connectivity index (χ3n) is 15.0. The van der Waals surface area contributed by atoms with Gasteiger partial charge in [-0.15, -0.1) is 0 Å². The first-order valence-electron chi connectivity index (χ1n) is 25.5. The highest BCUT2D eigenvalue weighted by atomic mass is 15.0. The molecule has 0 aliphatic rings. The molecule has 0 saturated heterocycles. The van der Waals surface area contributed by atoms with Crippen molar-refractivity contribution in [2.45, 2.75) is 6.92 Å². The second-order valence-corrected chi connectivity index (χ2v) is 19.6. The molecule has 2 heterocycles. The summed E-state index contributed by atoms with van der Waals surface area (Å²) in [6.07, 6.45) is 0. The van der Waals surface area contributed by atoms with Crippen LogP contribution in [0.15, 0.2) is 176 Å². The molecule has 0 saturated carbocycles. The van der Waals surface area contributed by atoms with E-state index < -0.39 is 0 Å². The van der Waals surface area contributed by atoms with Crippen LogP contribution in [0.3, 0.4) is 0 Å². The van der Waals surface area contributed by atoms with Gasteiger partial charge in [-0.25, -0.2) is 14.5 Å². The molecule has 0 unspecified atom stereocenters. The lowest BCUT2D eigenvalue weighted by Crippen LogP contribution is -2.06. The first-order chi connectivity index (χ1) is 40.5. The number of nitriles is 7. The third kappa shape index (κ3) is 8.40. The third-order valence-corrected chi connectivity index (χ3v) is 15.0. The average molecular weight is 1050 g/mol. The molecule has 0 aliphatic carbocycles. The van der Waals surface area contributed by atoms with Gasteiger partial charge in [-0.3, -0.25) is 0 Å². The summed E-state index contributed by atoms with van der Waals surface area (Å²) in [7, 11) is 0. The number of nitrogens with zero attached hydrogens (tertiary/aromatic N) is 12. The summed E-state index contributed by atoms with van der Waals surface area (Å²) >= 11 is 0. The lowest BCUT2D eigenvalue weighted by atomic mass is 9.95. The van der Waals surface area contributed by atoms with E-state index in [0.29, 0.717) is 128 Å². The number of benzene rings is 10. The van der Waals surface area contributed by atoms with Crippen molar-refractivity contribution in [3.05, 3.63) is 255 Å². The van der Waals surface area contributed by atoms with E-state index in [0.717, 1.165) is 27.1 Å². The molecule has 12 aromatic rings. The van der Waals surface area contributed by atoms with Crippen LogP contribution in [-0.4, -0.2) is 9.13 Å². The van der Waals surface area contributed by atoms with Gasteiger partial charge in [-0.2, -0.15) is 36.8 Å². The quantitative estimate of drug-likeness (QED) is 0.142. The number of aromatic nitrogens is 2. The second kappa shape index (κ2) is 20.2. The number of hydrogen-bond donors (Lipinski definition) is 0. The van der Waals surface area contributed by atoms with E-state index in [9.17, 15) is 36.8 Å². The van der Waals surface area contributed by atoms with Crippen molar-refractivity contribution in [2.24, 2.45) is 0 Å².